The largest absolute Gasteiger partial charge is 0.498 e. The first-order chi connectivity index (χ1) is 5.43. The lowest BCUT2D eigenvalue weighted by Gasteiger charge is -2.00. The van der Waals surface area contributed by atoms with Crippen molar-refractivity contribution in [3.05, 3.63) is 31.2 Å². The van der Waals surface area contributed by atoms with Gasteiger partial charge in [0, 0.05) is 6.07 Å². The Kier molecular flexibility index (Phi) is 3.12. The van der Waals surface area contributed by atoms with Crippen LogP contribution in [0.2, 0.25) is 0 Å². The van der Waals surface area contributed by atoms with Gasteiger partial charge in [0.25, 0.3) is 5.95 Å². The summed E-state index contributed by atoms with van der Waals surface area (Å²) in [7, 11) is 0. The van der Waals surface area contributed by atoms with Gasteiger partial charge in [0.05, 0.1) is 12.5 Å². The first kappa shape index (κ1) is 7.72. The minimum absolute atomic E-state index is 0.472. The van der Waals surface area contributed by atoms with Crippen molar-refractivity contribution in [2.45, 2.75) is 0 Å². The van der Waals surface area contributed by atoms with E-state index in [0.29, 0.717) is 19.2 Å². The number of furan rings is 1. The molecule has 0 saturated heterocycles. The van der Waals surface area contributed by atoms with Gasteiger partial charge in [-0.2, -0.15) is 0 Å². The van der Waals surface area contributed by atoms with Crippen LogP contribution in [-0.2, 0) is 4.74 Å². The molecule has 0 N–H and O–H groups in total. The number of ether oxygens (including phenoxy) is 2. The van der Waals surface area contributed by atoms with Gasteiger partial charge in [0.2, 0.25) is 0 Å². The SMILES string of the molecule is C=COCCOc1ccco1. The molecule has 1 aromatic rings. The van der Waals surface area contributed by atoms with Gasteiger partial charge in [-0.05, 0) is 6.07 Å². The Labute approximate surface area is 65.2 Å². The van der Waals surface area contributed by atoms with E-state index < -0.39 is 0 Å². The molecule has 1 heterocycles. The van der Waals surface area contributed by atoms with Crippen molar-refractivity contribution in [3.8, 4) is 5.95 Å². The molecule has 1 aromatic heterocycles. The second-order valence-electron chi connectivity index (χ2n) is 1.82. The van der Waals surface area contributed by atoms with Crippen LogP contribution in [0.5, 0.6) is 5.95 Å². The van der Waals surface area contributed by atoms with Crippen molar-refractivity contribution in [2.24, 2.45) is 0 Å². The highest BCUT2D eigenvalue weighted by Crippen LogP contribution is 2.08. The molecular formula is C8H10O3. The van der Waals surface area contributed by atoms with E-state index in [0.717, 1.165) is 0 Å². The molecule has 3 heteroatoms. The normalized spacial score (nSPS) is 9.09. The minimum atomic E-state index is 0.472. The van der Waals surface area contributed by atoms with Crippen LogP contribution in [0.1, 0.15) is 0 Å². The summed E-state index contributed by atoms with van der Waals surface area (Å²) in [6.07, 6.45) is 2.94. The number of hydrogen-bond acceptors (Lipinski definition) is 3. The van der Waals surface area contributed by atoms with Crippen LogP contribution in [-0.4, -0.2) is 13.2 Å². The smallest absolute Gasteiger partial charge is 0.284 e. The number of hydrogen-bond donors (Lipinski definition) is 0. The fourth-order valence-corrected chi connectivity index (χ4v) is 0.619. The molecule has 0 aliphatic heterocycles. The van der Waals surface area contributed by atoms with Crippen molar-refractivity contribution in [2.75, 3.05) is 13.2 Å². The third-order valence-electron chi connectivity index (χ3n) is 1.06. The Balaban J connectivity index is 2.09. The molecule has 0 amide bonds. The Hall–Kier alpha value is -1.38. The molecule has 0 aromatic carbocycles. The van der Waals surface area contributed by atoms with Gasteiger partial charge >= 0.3 is 0 Å². The molecule has 1 rings (SSSR count). The van der Waals surface area contributed by atoms with Gasteiger partial charge < -0.3 is 13.9 Å². The maximum absolute atomic E-state index is 5.11. The molecular weight excluding hydrogens is 144 g/mol. The van der Waals surface area contributed by atoms with E-state index in [-0.39, 0.29) is 0 Å². The summed E-state index contributed by atoms with van der Waals surface area (Å²) < 4.78 is 14.8. The maximum Gasteiger partial charge on any atom is 0.284 e. The molecule has 60 valence electrons. The zero-order valence-electron chi connectivity index (χ0n) is 6.16. The first-order valence-electron chi connectivity index (χ1n) is 3.32. The summed E-state index contributed by atoms with van der Waals surface area (Å²) in [5.41, 5.74) is 0. The van der Waals surface area contributed by atoms with E-state index in [1.54, 1.807) is 18.4 Å². The Morgan fingerprint density at radius 1 is 1.55 bits per heavy atom. The second-order valence-corrected chi connectivity index (χ2v) is 1.82. The predicted molar refractivity (Wildman–Crippen MR) is 40.4 cm³/mol. The van der Waals surface area contributed by atoms with Gasteiger partial charge in [-0.1, -0.05) is 6.58 Å². The highest BCUT2D eigenvalue weighted by molar-refractivity contribution is 5.03. The molecule has 0 fully saturated rings. The third-order valence-corrected chi connectivity index (χ3v) is 1.06. The van der Waals surface area contributed by atoms with Gasteiger partial charge in [-0.3, -0.25) is 0 Å². The summed E-state index contributed by atoms with van der Waals surface area (Å²) >= 11 is 0. The van der Waals surface area contributed by atoms with Crippen LogP contribution < -0.4 is 4.74 Å². The molecule has 0 radical (unpaired) electrons. The lowest BCUT2D eigenvalue weighted by molar-refractivity contribution is 0.156. The second kappa shape index (κ2) is 4.44. The highest BCUT2D eigenvalue weighted by Gasteiger charge is 1.93. The van der Waals surface area contributed by atoms with Crippen molar-refractivity contribution < 1.29 is 13.9 Å². The molecule has 0 spiro atoms. The zero-order valence-corrected chi connectivity index (χ0v) is 6.16. The quantitative estimate of drug-likeness (QED) is 0.479. The standard InChI is InChI=1S/C8H10O3/c1-2-9-6-7-11-8-4-3-5-10-8/h2-5H,1,6-7H2. The Morgan fingerprint density at radius 3 is 3.09 bits per heavy atom. The molecule has 11 heavy (non-hydrogen) atoms. The highest BCUT2D eigenvalue weighted by atomic mass is 16.6. The zero-order chi connectivity index (χ0) is 7.94. The van der Waals surface area contributed by atoms with E-state index in [1.807, 2.05) is 0 Å². The fourth-order valence-electron chi connectivity index (χ4n) is 0.619. The van der Waals surface area contributed by atoms with Crippen LogP contribution in [0, 0.1) is 0 Å². The fraction of sp³-hybridized carbons (Fsp3) is 0.250. The lowest BCUT2D eigenvalue weighted by Crippen LogP contribution is -2.02. The summed E-state index contributed by atoms with van der Waals surface area (Å²) in [6, 6.07) is 3.51. The average Bonchev–Trinajstić information content (AvgIpc) is 2.50. The van der Waals surface area contributed by atoms with E-state index in [9.17, 15) is 0 Å². The Morgan fingerprint density at radius 2 is 2.45 bits per heavy atom. The molecule has 3 nitrogen and oxygen atoms in total. The molecule has 0 bridgehead atoms. The third kappa shape index (κ3) is 2.80. The average molecular weight is 154 g/mol. The Bertz CT molecular complexity index is 191. The van der Waals surface area contributed by atoms with E-state index in [4.69, 9.17) is 13.9 Å². The molecule has 0 aliphatic carbocycles. The van der Waals surface area contributed by atoms with Gasteiger partial charge in [0.1, 0.15) is 13.2 Å². The summed E-state index contributed by atoms with van der Waals surface area (Å²) in [4.78, 5) is 0. The minimum Gasteiger partial charge on any atom is -0.498 e. The van der Waals surface area contributed by atoms with Crippen LogP contribution in [0.3, 0.4) is 0 Å². The predicted octanol–water partition coefficient (Wildman–Crippen LogP) is 1.82. The summed E-state index contributed by atoms with van der Waals surface area (Å²) in [5.74, 6) is 0.512. The molecule has 0 aliphatic rings. The van der Waals surface area contributed by atoms with Gasteiger partial charge in [-0.15, -0.1) is 0 Å². The van der Waals surface area contributed by atoms with Crippen LogP contribution >= 0.6 is 0 Å². The summed E-state index contributed by atoms with van der Waals surface area (Å²) in [5, 5.41) is 0. The molecule has 0 atom stereocenters. The van der Waals surface area contributed by atoms with Crippen molar-refractivity contribution in [3.63, 3.8) is 0 Å². The van der Waals surface area contributed by atoms with Gasteiger partial charge in [0.15, 0.2) is 0 Å². The topological polar surface area (TPSA) is 31.6 Å². The number of rotatable bonds is 5. The van der Waals surface area contributed by atoms with E-state index in [1.165, 1.54) is 6.26 Å². The van der Waals surface area contributed by atoms with Crippen LogP contribution in [0.15, 0.2) is 35.7 Å². The van der Waals surface area contributed by atoms with E-state index in [2.05, 4.69) is 6.58 Å². The van der Waals surface area contributed by atoms with Crippen molar-refractivity contribution in [1.82, 2.24) is 0 Å². The monoisotopic (exact) mass is 154 g/mol. The molecule has 0 saturated carbocycles. The van der Waals surface area contributed by atoms with E-state index >= 15 is 0 Å². The lowest BCUT2D eigenvalue weighted by atomic mass is 10.6. The maximum atomic E-state index is 5.11. The summed E-state index contributed by atoms with van der Waals surface area (Å²) in [6.45, 7) is 4.36. The van der Waals surface area contributed by atoms with Crippen molar-refractivity contribution in [1.29, 1.82) is 0 Å². The van der Waals surface area contributed by atoms with Crippen LogP contribution in [0.25, 0.3) is 0 Å². The van der Waals surface area contributed by atoms with Crippen molar-refractivity contribution >= 4 is 0 Å². The molecule has 0 unspecified atom stereocenters. The van der Waals surface area contributed by atoms with Gasteiger partial charge in [-0.25, -0.2) is 0 Å². The first-order valence-corrected chi connectivity index (χ1v) is 3.32. The van der Waals surface area contributed by atoms with Crippen LogP contribution in [0.4, 0.5) is 0 Å².